The second-order valence-electron chi connectivity index (χ2n) is 7.34. The van der Waals surface area contributed by atoms with Crippen molar-refractivity contribution in [2.45, 2.75) is 57.7 Å². The second kappa shape index (κ2) is 6.64. The van der Waals surface area contributed by atoms with E-state index in [1.165, 1.54) is 12.0 Å². The maximum Gasteiger partial charge on any atom is 0.244 e. The minimum atomic E-state index is -0.195. The third-order valence-electron chi connectivity index (χ3n) is 5.55. The first-order valence-corrected chi connectivity index (χ1v) is 9.30. The Kier molecular flexibility index (Phi) is 4.34. The molecule has 0 aliphatic carbocycles. The van der Waals surface area contributed by atoms with Crippen molar-refractivity contribution >= 4 is 11.6 Å². The molecule has 1 amide bonds. The molecule has 0 fully saturated rings. The minimum absolute atomic E-state index is 0.164. The lowest BCUT2D eigenvalue weighted by molar-refractivity contribution is -0.120. The van der Waals surface area contributed by atoms with E-state index in [-0.39, 0.29) is 18.0 Å². The van der Waals surface area contributed by atoms with Crippen molar-refractivity contribution in [2.75, 3.05) is 11.4 Å². The van der Waals surface area contributed by atoms with Gasteiger partial charge in [0.25, 0.3) is 0 Å². The van der Waals surface area contributed by atoms with E-state index in [0.717, 1.165) is 37.4 Å². The van der Waals surface area contributed by atoms with Gasteiger partial charge < -0.3 is 14.8 Å². The summed E-state index contributed by atoms with van der Waals surface area (Å²) in [6.07, 6.45) is 7.18. The highest BCUT2D eigenvalue weighted by molar-refractivity contribution is 5.99. The van der Waals surface area contributed by atoms with E-state index < -0.39 is 0 Å². The lowest BCUT2D eigenvalue weighted by atomic mass is 9.98. The molecule has 2 aliphatic rings. The van der Waals surface area contributed by atoms with Crippen LogP contribution in [0.2, 0.25) is 0 Å². The molecule has 0 unspecified atom stereocenters. The van der Waals surface area contributed by atoms with Crippen LogP contribution in [0.4, 0.5) is 5.69 Å². The SMILES string of the molecule is C[C@H](NC[C@H]1CCCn2ccnc21)C(=O)N1c2ccccc2C[C@@H]1C. The molecule has 0 saturated heterocycles. The highest BCUT2D eigenvalue weighted by Crippen LogP contribution is 2.32. The van der Waals surface area contributed by atoms with Crippen LogP contribution in [0.3, 0.4) is 0 Å². The number of benzene rings is 1. The number of aryl methyl sites for hydroxylation is 1. The lowest BCUT2D eigenvalue weighted by Crippen LogP contribution is -2.48. The molecule has 5 heteroatoms. The molecular formula is C20H26N4O. The summed E-state index contributed by atoms with van der Waals surface area (Å²) in [7, 11) is 0. The van der Waals surface area contributed by atoms with Crippen molar-refractivity contribution in [1.82, 2.24) is 14.9 Å². The summed E-state index contributed by atoms with van der Waals surface area (Å²) in [5.41, 5.74) is 2.34. The minimum Gasteiger partial charge on any atom is -0.335 e. The zero-order chi connectivity index (χ0) is 17.4. The summed E-state index contributed by atoms with van der Waals surface area (Å²) < 4.78 is 2.24. The van der Waals surface area contributed by atoms with E-state index in [1.54, 1.807) is 0 Å². The fraction of sp³-hybridized carbons (Fsp3) is 0.500. The first-order valence-electron chi connectivity index (χ1n) is 9.30. The van der Waals surface area contributed by atoms with Gasteiger partial charge in [-0.1, -0.05) is 18.2 Å². The quantitative estimate of drug-likeness (QED) is 0.932. The molecule has 1 aromatic heterocycles. The number of aromatic nitrogens is 2. The van der Waals surface area contributed by atoms with Gasteiger partial charge in [-0.25, -0.2) is 4.98 Å². The number of carbonyl (C=O) groups excluding carboxylic acids is 1. The number of fused-ring (bicyclic) bond motifs is 2. The van der Waals surface area contributed by atoms with Crippen molar-refractivity contribution in [3.8, 4) is 0 Å². The number of nitrogens with one attached hydrogen (secondary N) is 1. The number of rotatable bonds is 4. The summed E-state index contributed by atoms with van der Waals surface area (Å²) in [6.45, 7) is 5.96. The summed E-state index contributed by atoms with van der Waals surface area (Å²) in [5, 5.41) is 3.47. The summed E-state index contributed by atoms with van der Waals surface area (Å²) in [6, 6.07) is 8.27. The number of hydrogen-bond acceptors (Lipinski definition) is 3. The topological polar surface area (TPSA) is 50.2 Å². The third-order valence-corrected chi connectivity index (χ3v) is 5.55. The first kappa shape index (κ1) is 16.3. The third kappa shape index (κ3) is 2.97. The number of amides is 1. The van der Waals surface area contributed by atoms with Crippen molar-refractivity contribution in [1.29, 1.82) is 0 Å². The smallest absolute Gasteiger partial charge is 0.244 e. The number of nitrogens with zero attached hydrogens (tertiary/aromatic N) is 3. The van der Waals surface area contributed by atoms with Crippen LogP contribution in [0.25, 0.3) is 0 Å². The number of para-hydroxylation sites is 1. The highest BCUT2D eigenvalue weighted by Gasteiger charge is 2.33. The number of hydrogen-bond donors (Lipinski definition) is 1. The predicted octanol–water partition coefficient (Wildman–Crippen LogP) is 2.72. The largest absolute Gasteiger partial charge is 0.335 e. The molecule has 0 radical (unpaired) electrons. The maximum atomic E-state index is 13.0. The van der Waals surface area contributed by atoms with Crippen LogP contribution in [0.1, 0.15) is 44.0 Å². The maximum absolute atomic E-state index is 13.0. The Morgan fingerprint density at radius 1 is 1.40 bits per heavy atom. The molecule has 3 heterocycles. The van der Waals surface area contributed by atoms with E-state index in [2.05, 4.69) is 40.1 Å². The Morgan fingerprint density at radius 3 is 3.12 bits per heavy atom. The summed E-state index contributed by atoms with van der Waals surface area (Å²) in [4.78, 5) is 19.5. The van der Waals surface area contributed by atoms with Gasteiger partial charge in [0.15, 0.2) is 0 Å². The summed E-state index contributed by atoms with van der Waals surface area (Å²) >= 11 is 0. The molecule has 0 spiro atoms. The Labute approximate surface area is 149 Å². The number of anilines is 1. The van der Waals surface area contributed by atoms with Crippen molar-refractivity contribution < 1.29 is 4.79 Å². The van der Waals surface area contributed by atoms with E-state index in [0.29, 0.717) is 5.92 Å². The lowest BCUT2D eigenvalue weighted by Gasteiger charge is -2.29. The van der Waals surface area contributed by atoms with Gasteiger partial charge >= 0.3 is 0 Å². The van der Waals surface area contributed by atoms with Crippen LogP contribution in [-0.2, 0) is 17.8 Å². The number of carbonyl (C=O) groups is 1. The van der Waals surface area contributed by atoms with Gasteiger partial charge in [-0.15, -0.1) is 0 Å². The van der Waals surface area contributed by atoms with Gasteiger partial charge in [0.05, 0.1) is 6.04 Å². The van der Waals surface area contributed by atoms with Crippen LogP contribution in [-0.4, -0.2) is 34.1 Å². The van der Waals surface area contributed by atoms with E-state index in [4.69, 9.17) is 0 Å². The normalized spacial score (nSPS) is 23.2. The molecule has 132 valence electrons. The van der Waals surface area contributed by atoms with Crippen LogP contribution >= 0.6 is 0 Å². The highest BCUT2D eigenvalue weighted by atomic mass is 16.2. The Morgan fingerprint density at radius 2 is 2.24 bits per heavy atom. The van der Waals surface area contributed by atoms with Crippen molar-refractivity contribution in [3.63, 3.8) is 0 Å². The number of imidazole rings is 1. The fourth-order valence-corrected chi connectivity index (χ4v) is 4.22. The average molecular weight is 338 g/mol. The van der Waals surface area contributed by atoms with Gasteiger partial charge in [0.1, 0.15) is 5.82 Å². The molecule has 2 aromatic rings. The van der Waals surface area contributed by atoms with E-state index >= 15 is 0 Å². The molecule has 25 heavy (non-hydrogen) atoms. The van der Waals surface area contributed by atoms with Crippen LogP contribution < -0.4 is 10.2 Å². The van der Waals surface area contributed by atoms with Crippen LogP contribution in [0, 0.1) is 0 Å². The zero-order valence-corrected chi connectivity index (χ0v) is 15.0. The second-order valence-corrected chi connectivity index (χ2v) is 7.34. The van der Waals surface area contributed by atoms with Crippen LogP contribution in [0.5, 0.6) is 0 Å². The Bertz CT molecular complexity index is 769. The first-order chi connectivity index (χ1) is 12.1. The van der Waals surface area contributed by atoms with Gasteiger partial charge in [-0.3, -0.25) is 4.79 Å². The molecule has 0 saturated carbocycles. The van der Waals surface area contributed by atoms with Crippen molar-refractivity contribution in [2.24, 2.45) is 0 Å². The predicted molar refractivity (Wildman–Crippen MR) is 98.8 cm³/mol. The Balaban J connectivity index is 1.42. The summed E-state index contributed by atoms with van der Waals surface area (Å²) in [5.74, 6) is 1.71. The van der Waals surface area contributed by atoms with Gasteiger partial charge in [0, 0.05) is 43.1 Å². The molecular weight excluding hydrogens is 312 g/mol. The molecule has 0 bridgehead atoms. The molecule has 5 nitrogen and oxygen atoms in total. The zero-order valence-electron chi connectivity index (χ0n) is 15.0. The molecule has 3 atom stereocenters. The average Bonchev–Trinajstić information content (AvgIpc) is 3.22. The standard InChI is InChI=1S/C20H26N4O/c1-14-12-16-6-3-4-8-18(16)24(14)20(25)15(2)22-13-17-7-5-10-23-11-9-21-19(17)23/h3-4,6,8-9,11,14-15,17,22H,5,7,10,12-13H2,1-2H3/t14-,15-,17+/m0/s1. The van der Waals surface area contributed by atoms with Gasteiger partial charge in [-0.2, -0.15) is 0 Å². The van der Waals surface area contributed by atoms with E-state index in [1.807, 2.05) is 30.2 Å². The fourth-order valence-electron chi connectivity index (χ4n) is 4.22. The Hall–Kier alpha value is -2.14. The van der Waals surface area contributed by atoms with Crippen molar-refractivity contribution in [3.05, 3.63) is 48.0 Å². The molecule has 1 N–H and O–H groups in total. The molecule has 4 rings (SSSR count). The van der Waals surface area contributed by atoms with Crippen LogP contribution in [0.15, 0.2) is 36.7 Å². The van der Waals surface area contributed by atoms with E-state index in [9.17, 15) is 4.79 Å². The molecule has 1 aromatic carbocycles. The van der Waals surface area contributed by atoms with Gasteiger partial charge in [0.2, 0.25) is 5.91 Å². The van der Waals surface area contributed by atoms with Gasteiger partial charge in [-0.05, 0) is 44.7 Å². The molecule has 2 aliphatic heterocycles. The monoisotopic (exact) mass is 338 g/mol.